The zero-order chi connectivity index (χ0) is 13.8. The molecule has 0 aromatic heterocycles. The lowest BCUT2D eigenvalue weighted by molar-refractivity contribution is 0.511. The Morgan fingerprint density at radius 1 is 0.700 bits per heavy atom. The van der Waals surface area contributed by atoms with Gasteiger partial charge in [0.15, 0.2) is 0 Å². The quantitative estimate of drug-likeness (QED) is 0.661. The summed E-state index contributed by atoms with van der Waals surface area (Å²) in [4.78, 5) is 3.11. The summed E-state index contributed by atoms with van der Waals surface area (Å²) in [7, 11) is -0.898. The first-order valence-electron chi connectivity index (χ1n) is 7.69. The summed E-state index contributed by atoms with van der Waals surface area (Å²) in [6.45, 7) is 0. The van der Waals surface area contributed by atoms with Crippen molar-refractivity contribution in [2.24, 2.45) is 0 Å². The van der Waals surface area contributed by atoms with Crippen LogP contribution in [0.3, 0.4) is 0 Å². The lowest BCUT2D eigenvalue weighted by Gasteiger charge is -2.46. The average molecular weight is 284 g/mol. The maximum Gasteiger partial charge on any atom is -0.00360 e. The zero-order valence-corrected chi connectivity index (χ0v) is 13.1. The van der Waals surface area contributed by atoms with Crippen LogP contribution >= 0.6 is 10.0 Å². The van der Waals surface area contributed by atoms with Gasteiger partial charge in [0.1, 0.15) is 0 Å². The van der Waals surface area contributed by atoms with Gasteiger partial charge in [-0.05, 0) is 58.4 Å². The minimum Gasteiger partial charge on any atom is -0.188 e. The van der Waals surface area contributed by atoms with Gasteiger partial charge < -0.3 is 0 Å². The summed E-state index contributed by atoms with van der Waals surface area (Å²) in [6, 6.07) is 22.4. The van der Waals surface area contributed by atoms with E-state index in [-0.39, 0.29) is 0 Å². The molecule has 0 unspecified atom stereocenters. The molecule has 1 aliphatic rings. The van der Waals surface area contributed by atoms with Crippen LogP contribution in [0.2, 0.25) is 0 Å². The molecule has 3 rings (SSSR count). The fourth-order valence-corrected chi connectivity index (χ4v) is 7.23. The van der Waals surface area contributed by atoms with Gasteiger partial charge in [0.05, 0.1) is 0 Å². The number of benzene rings is 2. The molecule has 0 nitrogen and oxygen atoms in total. The highest BCUT2D eigenvalue weighted by Crippen LogP contribution is 2.65. The molecule has 1 aliphatic carbocycles. The fraction of sp³-hybridized carbons (Fsp3) is 0.368. The molecule has 106 valence electrons. The second kappa shape index (κ2) is 6.05. The van der Waals surface area contributed by atoms with Gasteiger partial charge in [0.25, 0.3) is 0 Å². The molecule has 0 N–H and O–H groups in total. The second-order valence-corrected chi connectivity index (χ2v) is 9.44. The smallest absolute Gasteiger partial charge is 0.00360 e. The summed E-state index contributed by atoms with van der Waals surface area (Å²) >= 11 is 0. The number of hydrogen-bond acceptors (Lipinski definition) is 0. The molecule has 0 atom stereocenters. The van der Waals surface area contributed by atoms with Crippen molar-refractivity contribution in [3.63, 3.8) is 0 Å². The molecule has 1 fully saturated rings. The molecule has 0 spiro atoms. The summed E-state index contributed by atoms with van der Waals surface area (Å²) < 4.78 is 0. The first kappa shape index (κ1) is 13.8. The van der Waals surface area contributed by atoms with Crippen LogP contribution in [0.1, 0.15) is 32.1 Å². The van der Waals surface area contributed by atoms with Gasteiger partial charge in [-0.15, -0.1) is 0 Å². The van der Waals surface area contributed by atoms with E-state index in [9.17, 15) is 0 Å². The van der Waals surface area contributed by atoms with Crippen LogP contribution in [-0.2, 0) is 0 Å². The molecular weight excluding hydrogens is 260 g/mol. The predicted molar refractivity (Wildman–Crippen MR) is 89.8 cm³/mol. The third kappa shape index (κ3) is 2.52. The van der Waals surface area contributed by atoms with Gasteiger partial charge in [-0.2, -0.15) is 10.0 Å². The number of hydrogen-bond donors (Lipinski definition) is 0. The van der Waals surface area contributed by atoms with Gasteiger partial charge in [-0.3, -0.25) is 0 Å². The van der Waals surface area contributed by atoms with Crippen molar-refractivity contribution < 1.29 is 0 Å². The van der Waals surface area contributed by atoms with Crippen molar-refractivity contribution in [3.8, 4) is 0 Å². The van der Waals surface area contributed by atoms with Crippen LogP contribution in [0, 0.1) is 0 Å². The monoisotopic (exact) mass is 284 g/mol. The third-order valence-electron chi connectivity index (χ3n) is 4.68. The summed E-state index contributed by atoms with van der Waals surface area (Å²) in [5.41, 5.74) is 0. The van der Waals surface area contributed by atoms with Crippen molar-refractivity contribution in [3.05, 3.63) is 60.7 Å². The Balaban J connectivity index is 2.07. The molecule has 1 heteroatoms. The van der Waals surface area contributed by atoms with Crippen molar-refractivity contribution in [2.75, 3.05) is 6.26 Å². The Hall–Kier alpha value is -1.21. The van der Waals surface area contributed by atoms with Gasteiger partial charge in [-0.1, -0.05) is 55.7 Å². The van der Waals surface area contributed by atoms with E-state index in [1.807, 2.05) is 0 Å². The summed E-state index contributed by atoms with van der Waals surface area (Å²) in [5, 5.41) is 0.848. The molecule has 0 heterocycles. The van der Waals surface area contributed by atoms with Gasteiger partial charge in [0, 0.05) is 0 Å². The van der Waals surface area contributed by atoms with E-state index in [1.54, 1.807) is 9.79 Å². The van der Waals surface area contributed by atoms with E-state index in [2.05, 4.69) is 66.9 Å². The Morgan fingerprint density at radius 3 is 1.60 bits per heavy atom. The molecule has 20 heavy (non-hydrogen) atoms. The Kier molecular flexibility index (Phi) is 4.16. The minimum atomic E-state index is -0.898. The summed E-state index contributed by atoms with van der Waals surface area (Å²) in [5.74, 6) is 0. The Labute approximate surface area is 124 Å². The largest absolute Gasteiger partial charge is 0.188 e. The molecule has 0 saturated heterocycles. The van der Waals surface area contributed by atoms with E-state index in [4.69, 9.17) is 0 Å². The minimum absolute atomic E-state index is 0.848. The highest BCUT2D eigenvalue weighted by atomic mass is 32.3. The van der Waals surface area contributed by atoms with Gasteiger partial charge in [-0.25, -0.2) is 0 Å². The molecule has 0 radical (unpaired) electrons. The van der Waals surface area contributed by atoms with Crippen LogP contribution in [0.4, 0.5) is 0 Å². The highest BCUT2D eigenvalue weighted by Gasteiger charge is 2.33. The zero-order valence-electron chi connectivity index (χ0n) is 12.3. The van der Waals surface area contributed by atoms with Crippen molar-refractivity contribution >= 4 is 10.0 Å². The normalized spacial score (nSPS) is 17.9. The fourth-order valence-electron chi connectivity index (χ4n) is 3.46. The first-order chi connectivity index (χ1) is 9.82. The predicted octanol–water partition coefficient (Wildman–Crippen LogP) is 5.87. The molecule has 0 amide bonds. The van der Waals surface area contributed by atoms with Crippen LogP contribution in [0.15, 0.2) is 70.5 Å². The topological polar surface area (TPSA) is 0 Å². The molecular formula is C19H24S. The maximum atomic E-state index is 2.54. The molecule has 2 aromatic carbocycles. The standard InChI is InChI=1S/C19H24S/c1-20(17-11-5-2-6-12-17,18-13-7-3-8-14-18)19-15-9-4-10-16-19/h2-3,5-8,11-14,19H,4,9-10,15-16H2,1H3. The first-order valence-corrected chi connectivity index (χ1v) is 9.79. The Bertz CT molecular complexity index is 487. The highest BCUT2D eigenvalue weighted by molar-refractivity contribution is 8.33. The lowest BCUT2D eigenvalue weighted by atomic mass is 10.0. The Morgan fingerprint density at radius 2 is 1.15 bits per heavy atom. The third-order valence-corrected chi connectivity index (χ3v) is 8.99. The maximum absolute atomic E-state index is 2.54. The average Bonchev–Trinajstić information content (AvgIpc) is 2.56. The van der Waals surface area contributed by atoms with Crippen molar-refractivity contribution in [1.29, 1.82) is 0 Å². The molecule has 0 bridgehead atoms. The van der Waals surface area contributed by atoms with Gasteiger partial charge >= 0.3 is 0 Å². The van der Waals surface area contributed by atoms with Gasteiger partial charge in [0.2, 0.25) is 0 Å². The van der Waals surface area contributed by atoms with E-state index in [0.717, 1.165) is 5.25 Å². The van der Waals surface area contributed by atoms with Crippen molar-refractivity contribution in [1.82, 2.24) is 0 Å². The van der Waals surface area contributed by atoms with Crippen LogP contribution in [0.25, 0.3) is 0 Å². The van der Waals surface area contributed by atoms with E-state index >= 15 is 0 Å². The van der Waals surface area contributed by atoms with Crippen LogP contribution in [-0.4, -0.2) is 11.5 Å². The number of rotatable bonds is 3. The van der Waals surface area contributed by atoms with Crippen molar-refractivity contribution in [2.45, 2.75) is 47.1 Å². The molecule has 1 saturated carbocycles. The summed E-state index contributed by atoms with van der Waals surface area (Å²) in [6.07, 6.45) is 9.58. The molecule has 0 aliphatic heterocycles. The van der Waals surface area contributed by atoms with E-state index < -0.39 is 10.0 Å². The second-order valence-electron chi connectivity index (χ2n) is 5.87. The van der Waals surface area contributed by atoms with E-state index in [1.165, 1.54) is 32.1 Å². The molecule has 2 aromatic rings. The van der Waals surface area contributed by atoms with Crippen LogP contribution < -0.4 is 0 Å². The van der Waals surface area contributed by atoms with Crippen LogP contribution in [0.5, 0.6) is 0 Å². The lowest BCUT2D eigenvalue weighted by Crippen LogP contribution is -2.21. The van der Waals surface area contributed by atoms with E-state index in [0.29, 0.717) is 0 Å². The SMILES string of the molecule is CS(c1ccccc1)(c1ccccc1)C1CCCCC1.